The third-order valence-corrected chi connectivity index (χ3v) is 5.83. The number of carbonyl (C=O) groups is 2. The molecule has 5 nitrogen and oxygen atoms in total. The summed E-state index contributed by atoms with van der Waals surface area (Å²) in [4.78, 5) is 25.3. The smallest absolute Gasteiger partial charge is 0.257 e. The van der Waals surface area contributed by atoms with E-state index in [1.807, 2.05) is 66.7 Å². The van der Waals surface area contributed by atoms with Crippen LogP contribution >= 0.6 is 12.2 Å². The van der Waals surface area contributed by atoms with E-state index in [2.05, 4.69) is 36.7 Å². The van der Waals surface area contributed by atoms with Gasteiger partial charge in [0.15, 0.2) is 5.11 Å². The van der Waals surface area contributed by atoms with Gasteiger partial charge in [0, 0.05) is 22.5 Å². The van der Waals surface area contributed by atoms with Gasteiger partial charge in [-0.1, -0.05) is 69.3 Å². The van der Waals surface area contributed by atoms with Crippen molar-refractivity contribution < 1.29 is 9.59 Å². The van der Waals surface area contributed by atoms with Crippen molar-refractivity contribution in [1.29, 1.82) is 0 Å². The molecular formula is C29H27N3O2S. The molecule has 176 valence electrons. The summed E-state index contributed by atoms with van der Waals surface area (Å²) in [6.07, 6.45) is 0. The van der Waals surface area contributed by atoms with Gasteiger partial charge in [-0.3, -0.25) is 14.9 Å². The maximum atomic E-state index is 12.7. The third-order valence-electron chi connectivity index (χ3n) is 5.63. The van der Waals surface area contributed by atoms with Gasteiger partial charge in [-0.15, -0.1) is 0 Å². The molecule has 0 aliphatic rings. The number of benzene rings is 4. The number of amides is 2. The molecule has 0 aliphatic heterocycles. The van der Waals surface area contributed by atoms with Crippen LogP contribution in [0.5, 0.6) is 0 Å². The highest BCUT2D eigenvalue weighted by Crippen LogP contribution is 2.23. The van der Waals surface area contributed by atoms with Crippen molar-refractivity contribution in [3.8, 4) is 0 Å². The third kappa shape index (κ3) is 6.11. The summed E-state index contributed by atoms with van der Waals surface area (Å²) in [7, 11) is 0. The van der Waals surface area contributed by atoms with Crippen molar-refractivity contribution >= 4 is 51.3 Å². The van der Waals surface area contributed by atoms with Crippen LogP contribution in [0.25, 0.3) is 10.8 Å². The number of nitrogens with one attached hydrogen (secondary N) is 3. The van der Waals surface area contributed by atoms with E-state index in [4.69, 9.17) is 12.2 Å². The Morgan fingerprint density at radius 3 is 1.97 bits per heavy atom. The molecule has 35 heavy (non-hydrogen) atoms. The second-order valence-corrected chi connectivity index (χ2v) is 9.74. The maximum absolute atomic E-state index is 12.7. The normalized spacial score (nSPS) is 11.1. The number of hydrogen-bond acceptors (Lipinski definition) is 3. The first-order valence-electron chi connectivity index (χ1n) is 11.3. The molecule has 0 heterocycles. The highest BCUT2D eigenvalue weighted by molar-refractivity contribution is 7.80. The molecule has 0 unspecified atom stereocenters. The average Bonchev–Trinajstić information content (AvgIpc) is 2.83. The van der Waals surface area contributed by atoms with E-state index in [9.17, 15) is 9.59 Å². The number of hydrogen-bond donors (Lipinski definition) is 3. The molecule has 4 rings (SSSR count). The Balaban J connectivity index is 1.38. The van der Waals surface area contributed by atoms with Gasteiger partial charge in [-0.2, -0.15) is 0 Å². The molecule has 0 aromatic heterocycles. The predicted molar refractivity (Wildman–Crippen MR) is 147 cm³/mol. The molecule has 0 bridgehead atoms. The molecule has 0 saturated heterocycles. The highest BCUT2D eigenvalue weighted by atomic mass is 32.1. The second-order valence-electron chi connectivity index (χ2n) is 9.33. The van der Waals surface area contributed by atoms with E-state index in [0.29, 0.717) is 22.5 Å². The molecular weight excluding hydrogens is 454 g/mol. The number of carbonyl (C=O) groups excluding carboxylic acids is 2. The van der Waals surface area contributed by atoms with E-state index in [0.717, 1.165) is 10.8 Å². The number of thiocarbonyl (C=S) groups is 1. The summed E-state index contributed by atoms with van der Waals surface area (Å²) < 4.78 is 0. The predicted octanol–water partition coefficient (Wildman–Crippen LogP) is 6.52. The molecule has 4 aromatic rings. The van der Waals surface area contributed by atoms with Crippen LogP contribution in [0.1, 0.15) is 47.1 Å². The zero-order chi connectivity index (χ0) is 25.0. The van der Waals surface area contributed by atoms with Crippen LogP contribution in [-0.2, 0) is 5.41 Å². The Kier molecular flexibility index (Phi) is 6.94. The first kappa shape index (κ1) is 24.1. The van der Waals surface area contributed by atoms with Gasteiger partial charge in [0.1, 0.15) is 0 Å². The summed E-state index contributed by atoms with van der Waals surface area (Å²) in [6.45, 7) is 6.40. The minimum Gasteiger partial charge on any atom is -0.332 e. The topological polar surface area (TPSA) is 70.2 Å². The van der Waals surface area contributed by atoms with Crippen LogP contribution in [-0.4, -0.2) is 16.9 Å². The van der Waals surface area contributed by atoms with E-state index >= 15 is 0 Å². The SMILES string of the molecule is CC(C)(C)c1ccc(C(=O)Nc2cccc(NC(=S)NC(=O)c3ccc4ccccc4c3)c2)cc1. The largest absolute Gasteiger partial charge is 0.332 e. The van der Waals surface area contributed by atoms with Crippen molar-refractivity contribution in [3.63, 3.8) is 0 Å². The molecule has 0 saturated carbocycles. The number of rotatable bonds is 4. The molecule has 3 N–H and O–H groups in total. The molecule has 0 spiro atoms. The first-order valence-corrected chi connectivity index (χ1v) is 11.7. The Labute approximate surface area is 210 Å². The Bertz CT molecular complexity index is 1410. The van der Waals surface area contributed by atoms with Crippen molar-refractivity contribution in [2.24, 2.45) is 0 Å². The molecule has 0 atom stereocenters. The van der Waals surface area contributed by atoms with E-state index < -0.39 is 0 Å². The minimum absolute atomic E-state index is 0.0249. The van der Waals surface area contributed by atoms with Crippen LogP contribution in [0.15, 0.2) is 91.0 Å². The molecule has 0 radical (unpaired) electrons. The fourth-order valence-electron chi connectivity index (χ4n) is 3.67. The molecule has 2 amide bonds. The van der Waals surface area contributed by atoms with Gasteiger partial charge in [0.2, 0.25) is 0 Å². The van der Waals surface area contributed by atoms with Gasteiger partial charge in [-0.25, -0.2) is 0 Å². The van der Waals surface area contributed by atoms with Crippen LogP contribution in [0.2, 0.25) is 0 Å². The van der Waals surface area contributed by atoms with Crippen molar-refractivity contribution in [2.45, 2.75) is 26.2 Å². The molecule has 6 heteroatoms. The first-order chi connectivity index (χ1) is 16.7. The Hall–Kier alpha value is -4.03. The highest BCUT2D eigenvalue weighted by Gasteiger charge is 2.15. The van der Waals surface area contributed by atoms with Gasteiger partial charge in [0.05, 0.1) is 0 Å². The molecule has 4 aromatic carbocycles. The second kappa shape index (κ2) is 10.1. The summed E-state index contributed by atoms with van der Waals surface area (Å²) in [5.41, 5.74) is 3.55. The monoisotopic (exact) mass is 481 g/mol. The summed E-state index contributed by atoms with van der Waals surface area (Å²) in [6, 6.07) is 28.1. The lowest BCUT2D eigenvalue weighted by molar-refractivity contribution is 0.0976. The van der Waals surface area contributed by atoms with Gasteiger partial charge in [-0.05, 0) is 76.4 Å². The fourth-order valence-corrected chi connectivity index (χ4v) is 3.88. The summed E-state index contributed by atoms with van der Waals surface area (Å²) >= 11 is 5.33. The number of fused-ring (bicyclic) bond motifs is 1. The lowest BCUT2D eigenvalue weighted by Crippen LogP contribution is -2.34. The maximum Gasteiger partial charge on any atom is 0.257 e. The van der Waals surface area contributed by atoms with Crippen LogP contribution in [0.4, 0.5) is 11.4 Å². The quantitative estimate of drug-likeness (QED) is 0.290. The van der Waals surface area contributed by atoms with Crippen molar-refractivity contribution in [1.82, 2.24) is 5.32 Å². The van der Waals surface area contributed by atoms with Crippen molar-refractivity contribution in [2.75, 3.05) is 10.6 Å². The standard InChI is InChI=1S/C29H27N3O2S/c1-29(2,3)23-15-13-20(14-16-23)26(33)30-24-9-6-10-25(18-24)31-28(35)32-27(34)22-12-11-19-7-4-5-8-21(19)17-22/h4-18H,1-3H3,(H,30,33)(H2,31,32,34,35). The minimum atomic E-state index is -0.295. The summed E-state index contributed by atoms with van der Waals surface area (Å²) in [5, 5.41) is 10.8. The lowest BCUT2D eigenvalue weighted by Gasteiger charge is -2.19. The van der Waals surface area contributed by atoms with Crippen LogP contribution < -0.4 is 16.0 Å². The molecule has 0 fully saturated rings. The van der Waals surface area contributed by atoms with E-state index in [-0.39, 0.29) is 22.3 Å². The average molecular weight is 482 g/mol. The van der Waals surface area contributed by atoms with Gasteiger partial charge < -0.3 is 10.6 Å². The molecule has 0 aliphatic carbocycles. The zero-order valence-electron chi connectivity index (χ0n) is 19.9. The van der Waals surface area contributed by atoms with E-state index in [1.165, 1.54) is 5.56 Å². The van der Waals surface area contributed by atoms with Gasteiger partial charge in [0.25, 0.3) is 11.8 Å². The van der Waals surface area contributed by atoms with Crippen LogP contribution in [0, 0.1) is 0 Å². The van der Waals surface area contributed by atoms with Crippen LogP contribution in [0.3, 0.4) is 0 Å². The van der Waals surface area contributed by atoms with Gasteiger partial charge >= 0.3 is 0 Å². The summed E-state index contributed by atoms with van der Waals surface area (Å²) in [5.74, 6) is -0.494. The van der Waals surface area contributed by atoms with E-state index in [1.54, 1.807) is 24.3 Å². The Morgan fingerprint density at radius 2 is 1.29 bits per heavy atom. The lowest BCUT2D eigenvalue weighted by atomic mass is 9.87. The number of anilines is 2. The van der Waals surface area contributed by atoms with Crippen molar-refractivity contribution in [3.05, 3.63) is 108 Å². The zero-order valence-corrected chi connectivity index (χ0v) is 20.7. The fraction of sp³-hybridized carbons (Fsp3) is 0.138. The Morgan fingerprint density at radius 1 is 0.657 bits per heavy atom.